The van der Waals surface area contributed by atoms with E-state index < -0.39 is 105 Å². The minimum atomic E-state index is -4.95. The van der Waals surface area contributed by atoms with Gasteiger partial charge >= 0.3 is 18.2 Å². The Bertz CT molecular complexity index is 1850. The topological polar surface area (TPSA) is 187 Å². The number of amides is 4. The molecule has 56 heavy (non-hydrogen) atoms. The Morgan fingerprint density at radius 3 is 2.38 bits per heavy atom. The van der Waals surface area contributed by atoms with Crippen molar-refractivity contribution in [1.82, 2.24) is 20.3 Å². The lowest BCUT2D eigenvalue weighted by molar-refractivity contribution is -0.244. The summed E-state index contributed by atoms with van der Waals surface area (Å²) in [5.41, 5.74) is -4.69. The van der Waals surface area contributed by atoms with Gasteiger partial charge in [0.2, 0.25) is 27.4 Å². The van der Waals surface area contributed by atoms with Crippen LogP contribution in [0.2, 0.25) is 0 Å². The second kappa shape index (κ2) is 15.8. The van der Waals surface area contributed by atoms with Crippen molar-refractivity contribution < 1.29 is 64.2 Å². The number of para-hydroxylation sites is 1. The molecule has 0 radical (unpaired) electrons. The number of carbonyl (C=O) groups is 5. The Morgan fingerprint density at radius 1 is 1.07 bits per heavy atom. The number of alkyl carbamates (subject to hydrolysis) is 1. The molecule has 3 N–H and O–H groups in total. The van der Waals surface area contributed by atoms with E-state index in [1.54, 1.807) is 31.2 Å². The molecule has 5 rings (SSSR count). The van der Waals surface area contributed by atoms with Crippen molar-refractivity contribution >= 4 is 39.8 Å². The van der Waals surface area contributed by atoms with Crippen LogP contribution in [0.4, 0.5) is 22.4 Å². The first kappa shape index (κ1) is 42.7. The summed E-state index contributed by atoms with van der Waals surface area (Å²) >= 11 is 0. The lowest BCUT2D eigenvalue weighted by Gasteiger charge is -2.34. The Labute approximate surface area is 322 Å². The van der Waals surface area contributed by atoms with E-state index in [0.29, 0.717) is 33.1 Å². The van der Waals surface area contributed by atoms with Gasteiger partial charge in [-0.25, -0.2) is 22.4 Å². The molecule has 1 aromatic rings. The highest BCUT2D eigenvalue weighted by atomic mass is 32.2. The van der Waals surface area contributed by atoms with Gasteiger partial charge in [0.15, 0.2) is 0 Å². The summed E-state index contributed by atoms with van der Waals surface area (Å²) in [6.45, 7) is 3.18. The van der Waals surface area contributed by atoms with Crippen LogP contribution in [0.5, 0.6) is 5.75 Å². The van der Waals surface area contributed by atoms with E-state index in [-0.39, 0.29) is 42.9 Å². The molecule has 4 aliphatic rings. The fraction of sp³-hybridized carbons (Fsp3) is 0.649. The van der Waals surface area contributed by atoms with Crippen molar-refractivity contribution in [3.63, 3.8) is 0 Å². The number of methoxy groups -OCH3 is 1. The van der Waals surface area contributed by atoms with Crippen LogP contribution < -0.4 is 20.1 Å². The maximum Gasteiger partial charge on any atom is 0.427 e. The van der Waals surface area contributed by atoms with E-state index in [1.165, 1.54) is 19.2 Å². The molecule has 1 saturated heterocycles. The molecule has 19 heteroatoms. The molecule has 14 nitrogen and oxygen atoms in total. The largest absolute Gasteiger partial charge is 0.496 e. The van der Waals surface area contributed by atoms with Crippen LogP contribution in [-0.4, -0.2) is 104 Å². The molecular formula is C37H48F4N4O10S. The maximum atomic E-state index is 14.6. The smallest absolute Gasteiger partial charge is 0.427 e. The number of ether oxygens (including phenoxy) is 3. The monoisotopic (exact) mass is 816 g/mol. The molecule has 7 atom stereocenters. The highest BCUT2D eigenvalue weighted by molar-refractivity contribution is 7.91. The molecule has 0 aromatic heterocycles. The Kier molecular flexibility index (Phi) is 12.1. The van der Waals surface area contributed by atoms with Crippen LogP contribution in [0.1, 0.15) is 83.0 Å². The number of nitrogens with zero attached hydrogens (tertiary/aromatic N) is 1. The summed E-state index contributed by atoms with van der Waals surface area (Å²) in [6, 6.07) is 3.15. The van der Waals surface area contributed by atoms with Crippen molar-refractivity contribution in [3.05, 3.63) is 42.0 Å². The zero-order chi connectivity index (χ0) is 41.4. The standard InChI is InChI=1S/C37H48F4N4O10S/c1-21-10-6-7-11-23-18-36(23,32(49)44-56(51,52)35(20-38)14-15-35)43-29(46)26-17-24(54-31(48)25-12-8-9-13-27(25)53-5)19-45(26)30(47)28(22(2)16-21)42-33(50)55-34(3,4)37(39,40)41/h7-9,11-13,21-24,26,28H,6,10,14-20H2,1-5H3,(H,42,50)(H,43,46)(H,44,49)/b11-7-/t21-,22+,23+,24+,26-,28-,36+/m0/s1. The molecule has 0 unspecified atom stereocenters. The third-order valence-electron chi connectivity index (χ3n) is 11.2. The highest BCUT2D eigenvalue weighted by Crippen LogP contribution is 2.48. The van der Waals surface area contributed by atoms with Crippen molar-refractivity contribution in [3.8, 4) is 5.75 Å². The summed E-state index contributed by atoms with van der Waals surface area (Å²) in [4.78, 5) is 70.0. The average molecular weight is 817 g/mol. The van der Waals surface area contributed by atoms with E-state index in [1.807, 2.05) is 11.6 Å². The highest BCUT2D eigenvalue weighted by Gasteiger charge is 2.64. The summed E-state index contributed by atoms with van der Waals surface area (Å²) in [6.07, 6.45) is -3.17. The van der Waals surface area contributed by atoms with Gasteiger partial charge in [0.1, 0.15) is 46.5 Å². The van der Waals surface area contributed by atoms with Crippen LogP contribution in [-0.2, 0) is 33.9 Å². The van der Waals surface area contributed by atoms with E-state index in [9.17, 15) is 50.0 Å². The fourth-order valence-corrected chi connectivity index (χ4v) is 8.65. The quantitative estimate of drug-likeness (QED) is 0.186. The Morgan fingerprint density at radius 2 is 1.75 bits per heavy atom. The maximum absolute atomic E-state index is 14.6. The number of rotatable bonds is 9. The zero-order valence-corrected chi connectivity index (χ0v) is 32.6. The lowest BCUT2D eigenvalue weighted by atomic mass is 9.88. The van der Waals surface area contributed by atoms with Gasteiger partial charge in [-0.05, 0) is 76.3 Å². The third-order valence-corrected chi connectivity index (χ3v) is 13.3. The Hall–Kier alpha value is -4.42. The lowest BCUT2D eigenvalue weighted by Crippen LogP contribution is -2.60. The SMILES string of the molecule is COc1ccccc1C(=O)O[C@@H]1C[C@H]2C(=O)N[C@]3(C(=O)NS(=O)(=O)C4(CF)CC4)C[C@H]3/C=C\CC[C@H](C)C[C@@H](C)[C@H](NC(=O)OC(C)(C)C(F)(F)F)C(=O)N2C1. The van der Waals surface area contributed by atoms with Crippen LogP contribution in [0.15, 0.2) is 36.4 Å². The first-order valence-corrected chi connectivity index (χ1v) is 19.9. The Balaban J connectivity index is 1.49. The number of halogens is 4. The molecule has 2 saturated carbocycles. The molecule has 0 bridgehead atoms. The minimum Gasteiger partial charge on any atom is -0.496 e. The van der Waals surface area contributed by atoms with Gasteiger partial charge in [0.25, 0.3) is 5.91 Å². The second-order valence-electron chi connectivity index (χ2n) is 15.8. The predicted octanol–water partition coefficient (Wildman–Crippen LogP) is 4.09. The van der Waals surface area contributed by atoms with Crippen LogP contribution in [0.25, 0.3) is 0 Å². The van der Waals surface area contributed by atoms with Crippen LogP contribution in [0.3, 0.4) is 0 Å². The predicted molar refractivity (Wildman–Crippen MR) is 191 cm³/mol. The number of hydrogen-bond donors (Lipinski definition) is 3. The average Bonchev–Trinajstić information content (AvgIpc) is 4.02. The second-order valence-corrected chi connectivity index (χ2v) is 17.9. The van der Waals surface area contributed by atoms with Crippen molar-refractivity contribution in [1.29, 1.82) is 0 Å². The van der Waals surface area contributed by atoms with E-state index in [2.05, 4.69) is 10.6 Å². The van der Waals surface area contributed by atoms with Gasteiger partial charge in [0, 0.05) is 12.3 Å². The molecule has 4 amide bonds. The number of allylic oxidation sites excluding steroid dienone is 1. The molecule has 310 valence electrons. The molecule has 1 aromatic carbocycles. The van der Waals surface area contributed by atoms with E-state index in [0.717, 1.165) is 4.90 Å². The number of sulfonamides is 1. The first-order valence-electron chi connectivity index (χ1n) is 18.4. The van der Waals surface area contributed by atoms with Crippen molar-refractivity contribution in [2.75, 3.05) is 20.3 Å². The summed E-state index contributed by atoms with van der Waals surface area (Å²) in [7, 11) is -3.14. The fourth-order valence-electron chi connectivity index (χ4n) is 7.22. The summed E-state index contributed by atoms with van der Waals surface area (Å²) in [5.74, 6) is -5.08. The molecule has 0 spiro atoms. The van der Waals surface area contributed by atoms with Gasteiger partial charge < -0.3 is 29.7 Å². The van der Waals surface area contributed by atoms with Gasteiger partial charge in [-0.3, -0.25) is 19.1 Å². The van der Waals surface area contributed by atoms with E-state index in [4.69, 9.17) is 14.2 Å². The number of nitrogens with one attached hydrogen (secondary N) is 3. The van der Waals surface area contributed by atoms with Crippen molar-refractivity contribution in [2.45, 2.75) is 113 Å². The van der Waals surface area contributed by atoms with Crippen LogP contribution in [0, 0.1) is 17.8 Å². The number of fused-ring (bicyclic) bond motifs is 2. The minimum absolute atomic E-state index is 0.00989. The molecule has 2 aliphatic carbocycles. The number of carbonyl (C=O) groups excluding carboxylic acids is 5. The summed E-state index contributed by atoms with van der Waals surface area (Å²) in [5, 5.41) is 4.93. The zero-order valence-electron chi connectivity index (χ0n) is 31.7. The summed E-state index contributed by atoms with van der Waals surface area (Å²) < 4.78 is 96.9. The molecule has 3 fully saturated rings. The van der Waals surface area contributed by atoms with Gasteiger partial charge in [-0.1, -0.05) is 38.1 Å². The normalized spacial score (nSPS) is 29.9. The van der Waals surface area contributed by atoms with Gasteiger partial charge in [-0.2, -0.15) is 13.2 Å². The van der Waals surface area contributed by atoms with Gasteiger partial charge in [-0.15, -0.1) is 0 Å². The molecule has 2 heterocycles. The number of alkyl halides is 4. The number of hydrogen-bond acceptors (Lipinski definition) is 10. The van der Waals surface area contributed by atoms with Crippen molar-refractivity contribution in [2.24, 2.45) is 17.8 Å². The molecular weight excluding hydrogens is 768 g/mol. The number of benzene rings is 1. The number of esters is 1. The van der Waals surface area contributed by atoms with E-state index >= 15 is 0 Å². The third kappa shape index (κ3) is 8.76. The molecule has 2 aliphatic heterocycles. The first-order chi connectivity index (χ1) is 26.1. The van der Waals surface area contributed by atoms with Gasteiger partial charge in [0.05, 0.1) is 13.7 Å². The van der Waals surface area contributed by atoms with Crippen LogP contribution >= 0.6 is 0 Å².